The van der Waals surface area contributed by atoms with Crippen LogP contribution in [0.3, 0.4) is 0 Å². The van der Waals surface area contributed by atoms with E-state index in [4.69, 9.17) is 0 Å². The Hall–Kier alpha value is -0.590. The van der Waals surface area contributed by atoms with Crippen LogP contribution < -0.4 is 0 Å². The molecule has 0 amide bonds. The van der Waals surface area contributed by atoms with E-state index in [9.17, 15) is 0 Å². The molecular weight excluding hydrogens is 146 g/mol. The highest BCUT2D eigenvalue weighted by molar-refractivity contribution is 5.99. The minimum Gasteiger partial charge on any atom is -0.287 e. The molecule has 0 heterocycles. The standard InChI is InChI=1S/C11H19N/c1-9(2)12-11-8-6-4-5-7-10(11)3/h9H,3-8H2,1-2H3. The maximum atomic E-state index is 4.59. The number of allylic oxidation sites excluding steroid dienone is 1. The predicted molar refractivity (Wildman–Crippen MR) is 54.8 cm³/mol. The zero-order chi connectivity index (χ0) is 8.97. The number of rotatable bonds is 1. The zero-order valence-corrected chi connectivity index (χ0v) is 8.27. The highest BCUT2D eigenvalue weighted by Crippen LogP contribution is 2.19. The van der Waals surface area contributed by atoms with Crippen molar-refractivity contribution in [3.05, 3.63) is 12.2 Å². The molecule has 68 valence electrons. The summed E-state index contributed by atoms with van der Waals surface area (Å²) in [6.07, 6.45) is 6.25. The fourth-order valence-corrected chi connectivity index (χ4v) is 1.60. The normalized spacial score (nSPS) is 23.2. The Kier molecular flexibility index (Phi) is 3.51. The number of aliphatic imine (C=N–C) groups is 1. The van der Waals surface area contributed by atoms with E-state index in [1.165, 1.54) is 30.5 Å². The van der Waals surface area contributed by atoms with Gasteiger partial charge in [0, 0.05) is 11.8 Å². The minimum atomic E-state index is 0.426. The molecule has 0 aromatic rings. The van der Waals surface area contributed by atoms with Gasteiger partial charge >= 0.3 is 0 Å². The first kappa shape index (κ1) is 9.50. The van der Waals surface area contributed by atoms with Crippen LogP contribution in [0.15, 0.2) is 17.1 Å². The molecule has 1 aliphatic carbocycles. The summed E-state index contributed by atoms with van der Waals surface area (Å²) in [5, 5.41) is 0. The molecule has 1 nitrogen and oxygen atoms in total. The van der Waals surface area contributed by atoms with Crippen LogP contribution in [0.1, 0.15) is 46.0 Å². The number of nitrogens with zero attached hydrogens (tertiary/aromatic N) is 1. The highest BCUT2D eigenvalue weighted by atomic mass is 14.8. The van der Waals surface area contributed by atoms with Crippen LogP contribution in [0.5, 0.6) is 0 Å². The van der Waals surface area contributed by atoms with Crippen LogP contribution >= 0.6 is 0 Å². The topological polar surface area (TPSA) is 12.4 Å². The average Bonchev–Trinajstić information content (AvgIpc) is 2.16. The largest absolute Gasteiger partial charge is 0.287 e. The molecule has 1 rings (SSSR count). The molecule has 0 aromatic heterocycles. The Bertz CT molecular complexity index is 189. The summed E-state index contributed by atoms with van der Waals surface area (Å²) in [7, 11) is 0. The van der Waals surface area contributed by atoms with Crippen molar-refractivity contribution in [3.63, 3.8) is 0 Å². The maximum absolute atomic E-state index is 4.59. The van der Waals surface area contributed by atoms with E-state index >= 15 is 0 Å². The summed E-state index contributed by atoms with van der Waals surface area (Å²) < 4.78 is 0. The summed E-state index contributed by atoms with van der Waals surface area (Å²) >= 11 is 0. The molecule has 0 atom stereocenters. The molecule has 1 fully saturated rings. The second-order valence-electron chi connectivity index (χ2n) is 3.83. The van der Waals surface area contributed by atoms with Crippen molar-refractivity contribution >= 4 is 5.71 Å². The second kappa shape index (κ2) is 4.44. The summed E-state index contributed by atoms with van der Waals surface area (Å²) in [6.45, 7) is 8.34. The molecule has 1 heteroatoms. The lowest BCUT2D eigenvalue weighted by Gasteiger charge is -2.06. The van der Waals surface area contributed by atoms with Crippen molar-refractivity contribution in [1.29, 1.82) is 0 Å². The SMILES string of the molecule is C=C1CCCCCC1=NC(C)C. The van der Waals surface area contributed by atoms with Crippen molar-refractivity contribution in [2.45, 2.75) is 52.0 Å². The van der Waals surface area contributed by atoms with Crippen molar-refractivity contribution < 1.29 is 0 Å². The van der Waals surface area contributed by atoms with E-state index in [-0.39, 0.29) is 0 Å². The molecule has 1 aliphatic rings. The van der Waals surface area contributed by atoms with Crippen molar-refractivity contribution in [2.75, 3.05) is 0 Å². The average molecular weight is 165 g/mol. The quantitative estimate of drug-likeness (QED) is 0.528. The summed E-state index contributed by atoms with van der Waals surface area (Å²) in [5.41, 5.74) is 2.56. The molecule has 0 saturated heterocycles. The smallest absolute Gasteiger partial charge is 0.0446 e. The second-order valence-corrected chi connectivity index (χ2v) is 3.83. The van der Waals surface area contributed by atoms with Gasteiger partial charge in [-0.25, -0.2) is 0 Å². The van der Waals surface area contributed by atoms with Crippen LogP contribution in [0.4, 0.5) is 0 Å². The maximum Gasteiger partial charge on any atom is 0.0446 e. The molecule has 0 spiro atoms. The van der Waals surface area contributed by atoms with Gasteiger partial charge in [0.1, 0.15) is 0 Å². The predicted octanol–water partition coefficient (Wildman–Crippen LogP) is 3.36. The molecular formula is C11H19N. The summed E-state index contributed by atoms with van der Waals surface area (Å²) in [6, 6.07) is 0.426. The number of hydrogen-bond donors (Lipinski definition) is 0. The van der Waals surface area contributed by atoms with Gasteiger partial charge in [-0.2, -0.15) is 0 Å². The first-order valence-corrected chi connectivity index (χ1v) is 4.95. The fourth-order valence-electron chi connectivity index (χ4n) is 1.60. The first-order chi connectivity index (χ1) is 5.70. The van der Waals surface area contributed by atoms with Crippen LogP contribution in [-0.4, -0.2) is 11.8 Å². The molecule has 0 bridgehead atoms. The van der Waals surface area contributed by atoms with Gasteiger partial charge in [-0.15, -0.1) is 0 Å². The molecule has 1 saturated carbocycles. The van der Waals surface area contributed by atoms with Gasteiger partial charge in [0.25, 0.3) is 0 Å². The van der Waals surface area contributed by atoms with Crippen molar-refractivity contribution in [1.82, 2.24) is 0 Å². The van der Waals surface area contributed by atoms with Crippen LogP contribution in [0.2, 0.25) is 0 Å². The molecule has 12 heavy (non-hydrogen) atoms. The lowest BCUT2D eigenvalue weighted by Crippen LogP contribution is -2.03. The third-order valence-electron chi connectivity index (χ3n) is 2.21. The first-order valence-electron chi connectivity index (χ1n) is 4.95. The van der Waals surface area contributed by atoms with E-state index in [0.29, 0.717) is 6.04 Å². The molecule has 0 unspecified atom stereocenters. The minimum absolute atomic E-state index is 0.426. The Morgan fingerprint density at radius 2 is 1.83 bits per heavy atom. The lowest BCUT2D eigenvalue weighted by molar-refractivity contribution is 0.724. The van der Waals surface area contributed by atoms with Crippen LogP contribution in [0, 0.1) is 0 Å². The lowest BCUT2D eigenvalue weighted by atomic mass is 10.1. The molecule has 0 aromatic carbocycles. The summed E-state index contributed by atoms with van der Waals surface area (Å²) in [4.78, 5) is 4.59. The molecule has 0 aliphatic heterocycles. The molecule has 0 radical (unpaired) electrons. The van der Waals surface area contributed by atoms with Gasteiger partial charge in [0.15, 0.2) is 0 Å². The van der Waals surface area contributed by atoms with Gasteiger partial charge in [0.2, 0.25) is 0 Å². The third kappa shape index (κ3) is 2.80. The fraction of sp³-hybridized carbons (Fsp3) is 0.727. The Labute approximate surface area is 75.6 Å². The third-order valence-corrected chi connectivity index (χ3v) is 2.21. The van der Waals surface area contributed by atoms with Crippen LogP contribution in [-0.2, 0) is 0 Å². The Balaban J connectivity index is 2.65. The van der Waals surface area contributed by atoms with E-state index in [1.54, 1.807) is 0 Å². The Morgan fingerprint density at radius 3 is 2.50 bits per heavy atom. The zero-order valence-electron chi connectivity index (χ0n) is 8.27. The van der Waals surface area contributed by atoms with Crippen molar-refractivity contribution in [2.24, 2.45) is 4.99 Å². The van der Waals surface area contributed by atoms with E-state index in [1.807, 2.05) is 0 Å². The number of hydrogen-bond acceptors (Lipinski definition) is 1. The monoisotopic (exact) mass is 165 g/mol. The van der Waals surface area contributed by atoms with Crippen LogP contribution in [0.25, 0.3) is 0 Å². The van der Waals surface area contributed by atoms with E-state index < -0.39 is 0 Å². The summed E-state index contributed by atoms with van der Waals surface area (Å²) in [5.74, 6) is 0. The highest BCUT2D eigenvalue weighted by Gasteiger charge is 2.09. The van der Waals surface area contributed by atoms with Gasteiger partial charge in [-0.05, 0) is 45.1 Å². The van der Waals surface area contributed by atoms with Gasteiger partial charge in [0.05, 0.1) is 0 Å². The van der Waals surface area contributed by atoms with E-state index in [0.717, 1.165) is 12.8 Å². The van der Waals surface area contributed by atoms with Gasteiger partial charge in [-0.1, -0.05) is 13.0 Å². The Morgan fingerprint density at radius 1 is 1.17 bits per heavy atom. The van der Waals surface area contributed by atoms with Gasteiger partial charge < -0.3 is 0 Å². The van der Waals surface area contributed by atoms with Crippen molar-refractivity contribution in [3.8, 4) is 0 Å². The van der Waals surface area contributed by atoms with Gasteiger partial charge in [-0.3, -0.25) is 4.99 Å². The van der Waals surface area contributed by atoms with E-state index in [2.05, 4.69) is 25.4 Å². The molecule has 0 N–H and O–H groups in total.